The van der Waals surface area contributed by atoms with Gasteiger partial charge in [0.2, 0.25) is 5.91 Å². The van der Waals surface area contributed by atoms with Gasteiger partial charge < -0.3 is 9.64 Å². The minimum atomic E-state index is 0.209. The first-order valence-corrected chi connectivity index (χ1v) is 7.92. The van der Waals surface area contributed by atoms with Gasteiger partial charge in [-0.3, -0.25) is 9.69 Å². The molecule has 4 rings (SSSR count). The fourth-order valence-electron chi connectivity index (χ4n) is 3.65. The lowest BCUT2D eigenvalue weighted by Crippen LogP contribution is -2.38. The van der Waals surface area contributed by atoms with Gasteiger partial charge in [-0.2, -0.15) is 11.3 Å². The zero-order chi connectivity index (χ0) is 12.8. The van der Waals surface area contributed by atoms with Gasteiger partial charge >= 0.3 is 0 Å². The van der Waals surface area contributed by atoms with Crippen molar-refractivity contribution in [1.29, 1.82) is 0 Å². The van der Waals surface area contributed by atoms with E-state index >= 15 is 0 Å². The van der Waals surface area contributed by atoms with E-state index in [1.54, 1.807) is 11.3 Å². The van der Waals surface area contributed by atoms with E-state index in [0.717, 1.165) is 45.0 Å². The molecule has 0 radical (unpaired) electrons. The Labute approximate surface area is 116 Å². The Balaban J connectivity index is 1.47. The third-order valence-corrected chi connectivity index (χ3v) is 5.38. The van der Waals surface area contributed by atoms with E-state index in [9.17, 15) is 4.79 Å². The quantitative estimate of drug-likeness (QED) is 0.820. The monoisotopic (exact) mass is 278 g/mol. The Morgan fingerprint density at radius 1 is 1.32 bits per heavy atom. The van der Waals surface area contributed by atoms with Crippen LogP contribution in [-0.2, 0) is 9.53 Å². The normalized spacial score (nSPS) is 35.3. The molecule has 1 aromatic rings. The third-order valence-electron chi connectivity index (χ3n) is 4.71. The summed E-state index contributed by atoms with van der Waals surface area (Å²) < 4.78 is 5.46. The minimum absolute atomic E-state index is 0.209. The van der Waals surface area contributed by atoms with Crippen LogP contribution < -0.4 is 4.90 Å². The Morgan fingerprint density at radius 3 is 2.95 bits per heavy atom. The molecule has 0 aliphatic carbocycles. The van der Waals surface area contributed by atoms with Crippen LogP contribution in [0.2, 0.25) is 0 Å². The van der Waals surface area contributed by atoms with Gasteiger partial charge in [0.05, 0.1) is 18.2 Å². The molecule has 1 amide bonds. The maximum absolute atomic E-state index is 12.5. The number of amides is 1. The number of rotatable bonds is 2. The van der Waals surface area contributed by atoms with Gasteiger partial charge in [-0.1, -0.05) is 0 Å². The second kappa shape index (κ2) is 4.58. The highest BCUT2D eigenvalue weighted by atomic mass is 32.1. The van der Waals surface area contributed by atoms with Gasteiger partial charge in [0, 0.05) is 43.6 Å². The average molecular weight is 278 g/mol. The second-order valence-electron chi connectivity index (χ2n) is 5.77. The van der Waals surface area contributed by atoms with Crippen molar-refractivity contribution >= 4 is 22.9 Å². The maximum atomic E-state index is 12.5. The zero-order valence-electron chi connectivity index (χ0n) is 10.8. The smallest absolute Gasteiger partial charge is 0.231 e. The van der Waals surface area contributed by atoms with Gasteiger partial charge in [-0.15, -0.1) is 0 Å². The van der Waals surface area contributed by atoms with Crippen LogP contribution in [-0.4, -0.2) is 49.7 Å². The first kappa shape index (κ1) is 11.9. The van der Waals surface area contributed by atoms with Gasteiger partial charge in [0.25, 0.3) is 0 Å². The summed E-state index contributed by atoms with van der Waals surface area (Å²) in [6.07, 6.45) is 1.13. The number of carbonyl (C=O) groups is 1. The van der Waals surface area contributed by atoms with E-state index in [4.69, 9.17) is 4.74 Å². The molecular weight excluding hydrogens is 260 g/mol. The third kappa shape index (κ3) is 1.91. The van der Waals surface area contributed by atoms with Gasteiger partial charge in [-0.25, -0.2) is 0 Å². The highest BCUT2D eigenvalue weighted by Crippen LogP contribution is 2.37. The van der Waals surface area contributed by atoms with Crippen molar-refractivity contribution in [2.45, 2.75) is 12.5 Å². The standard InChI is InChI=1S/C14H18N2O2S/c17-14-13-7-15(11-1-3-18-8-11)5-10(13)6-16(14)12-2-4-19-9-12/h2,4,9-11,13H,1,3,5-8H2/t10-,11-,13-/m0/s1. The molecule has 0 bridgehead atoms. The molecule has 3 aliphatic heterocycles. The average Bonchev–Trinajstić information content (AvgIpc) is 3.15. The number of likely N-dealkylation sites (tertiary alicyclic amines) is 1. The summed E-state index contributed by atoms with van der Waals surface area (Å²) >= 11 is 1.66. The second-order valence-corrected chi connectivity index (χ2v) is 6.55. The SMILES string of the molecule is O=C1[C@H]2CN([C@H]3CCOC3)C[C@H]2CN1c1ccsc1. The van der Waals surface area contributed by atoms with Crippen molar-refractivity contribution in [3.8, 4) is 0 Å². The molecule has 0 saturated carbocycles. The highest BCUT2D eigenvalue weighted by Gasteiger charge is 2.48. The number of thiophene rings is 1. The van der Waals surface area contributed by atoms with Crippen molar-refractivity contribution in [2.75, 3.05) is 37.7 Å². The molecule has 5 heteroatoms. The Kier molecular flexibility index (Phi) is 2.86. The van der Waals surface area contributed by atoms with Crippen LogP contribution in [0.15, 0.2) is 16.8 Å². The molecule has 0 aromatic carbocycles. The fraction of sp³-hybridized carbons (Fsp3) is 0.643. The number of hydrogen-bond donors (Lipinski definition) is 0. The van der Waals surface area contributed by atoms with Crippen molar-refractivity contribution in [3.63, 3.8) is 0 Å². The van der Waals surface area contributed by atoms with Crippen molar-refractivity contribution in [1.82, 2.24) is 4.90 Å². The lowest BCUT2D eigenvalue weighted by molar-refractivity contribution is -0.120. The molecule has 3 fully saturated rings. The fourth-order valence-corrected chi connectivity index (χ4v) is 4.29. The molecule has 0 N–H and O–H groups in total. The largest absolute Gasteiger partial charge is 0.380 e. The first-order valence-electron chi connectivity index (χ1n) is 6.98. The van der Waals surface area contributed by atoms with Crippen molar-refractivity contribution < 1.29 is 9.53 Å². The maximum Gasteiger partial charge on any atom is 0.231 e. The summed E-state index contributed by atoms with van der Waals surface area (Å²) in [5.41, 5.74) is 1.08. The summed E-state index contributed by atoms with van der Waals surface area (Å²) in [5, 5.41) is 4.11. The van der Waals surface area contributed by atoms with Crippen LogP contribution >= 0.6 is 11.3 Å². The molecular formula is C14H18N2O2S. The van der Waals surface area contributed by atoms with E-state index in [-0.39, 0.29) is 5.92 Å². The molecule has 102 valence electrons. The van der Waals surface area contributed by atoms with E-state index in [1.807, 2.05) is 16.3 Å². The molecule has 4 heterocycles. The highest BCUT2D eigenvalue weighted by molar-refractivity contribution is 7.08. The number of anilines is 1. The molecule has 0 spiro atoms. The lowest BCUT2D eigenvalue weighted by atomic mass is 10.0. The summed E-state index contributed by atoms with van der Waals surface area (Å²) in [4.78, 5) is 17.0. The Hall–Kier alpha value is -0.910. The number of nitrogens with zero attached hydrogens (tertiary/aromatic N) is 2. The van der Waals surface area contributed by atoms with Crippen molar-refractivity contribution in [2.24, 2.45) is 11.8 Å². The molecule has 19 heavy (non-hydrogen) atoms. The van der Waals surface area contributed by atoms with Gasteiger partial charge in [0.15, 0.2) is 0 Å². The summed E-state index contributed by atoms with van der Waals surface area (Å²) in [6, 6.07) is 2.60. The number of ether oxygens (including phenoxy) is 1. The molecule has 3 atom stereocenters. The van der Waals surface area contributed by atoms with Gasteiger partial charge in [-0.05, 0) is 17.9 Å². The molecule has 1 aromatic heterocycles. The van der Waals surface area contributed by atoms with E-state index in [1.165, 1.54) is 0 Å². The van der Waals surface area contributed by atoms with Crippen molar-refractivity contribution in [3.05, 3.63) is 16.8 Å². The van der Waals surface area contributed by atoms with Crippen LogP contribution in [0.3, 0.4) is 0 Å². The van der Waals surface area contributed by atoms with Crippen LogP contribution in [0.4, 0.5) is 5.69 Å². The Morgan fingerprint density at radius 2 is 2.26 bits per heavy atom. The summed E-state index contributed by atoms with van der Waals surface area (Å²) in [7, 11) is 0. The molecule has 3 saturated heterocycles. The van der Waals surface area contributed by atoms with Crippen LogP contribution in [0, 0.1) is 11.8 Å². The van der Waals surface area contributed by atoms with E-state index in [0.29, 0.717) is 17.9 Å². The Bertz CT molecular complexity index is 470. The number of carbonyl (C=O) groups excluding carboxylic acids is 1. The lowest BCUT2D eigenvalue weighted by Gasteiger charge is -2.25. The molecule has 3 aliphatic rings. The summed E-state index contributed by atoms with van der Waals surface area (Å²) in [6.45, 7) is 4.61. The number of hydrogen-bond acceptors (Lipinski definition) is 4. The topological polar surface area (TPSA) is 32.8 Å². The summed E-state index contributed by atoms with van der Waals surface area (Å²) in [5.74, 6) is 1.04. The predicted molar refractivity (Wildman–Crippen MR) is 74.4 cm³/mol. The van der Waals surface area contributed by atoms with Crippen LogP contribution in [0.1, 0.15) is 6.42 Å². The predicted octanol–water partition coefficient (Wildman–Crippen LogP) is 1.43. The van der Waals surface area contributed by atoms with Gasteiger partial charge in [0.1, 0.15) is 0 Å². The first-order chi connectivity index (χ1) is 9.33. The van der Waals surface area contributed by atoms with E-state index < -0.39 is 0 Å². The molecule has 4 nitrogen and oxygen atoms in total. The number of fused-ring (bicyclic) bond motifs is 1. The van der Waals surface area contributed by atoms with Crippen LogP contribution in [0.5, 0.6) is 0 Å². The molecule has 0 unspecified atom stereocenters. The zero-order valence-corrected chi connectivity index (χ0v) is 11.6. The van der Waals surface area contributed by atoms with E-state index in [2.05, 4.69) is 10.3 Å². The minimum Gasteiger partial charge on any atom is -0.380 e. The van der Waals surface area contributed by atoms with Crippen LogP contribution in [0.25, 0.3) is 0 Å².